The van der Waals surface area contributed by atoms with Crippen LogP contribution in [0.1, 0.15) is 24.2 Å². The summed E-state index contributed by atoms with van der Waals surface area (Å²) in [5.74, 6) is -0.889. The van der Waals surface area contributed by atoms with Crippen LogP contribution in [0, 0.1) is 0 Å². The summed E-state index contributed by atoms with van der Waals surface area (Å²) < 4.78 is 5.66. The lowest BCUT2D eigenvalue weighted by Crippen LogP contribution is -2.45. The first kappa shape index (κ1) is 11.9. The van der Waals surface area contributed by atoms with Crippen LogP contribution >= 0.6 is 0 Å². The van der Waals surface area contributed by atoms with E-state index in [1.807, 2.05) is 26.0 Å². The van der Waals surface area contributed by atoms with E-state index in [1.165, 1.54) is 0 Å². The van der Waals surface area contributed by atoms with Gasteiger partial charge in [0.25, 0.3) is 0 Å². The molecule has 0 radical (unpaired) electrons. The molecule has 1 aromatic carbocycles. The van der Waals surface area contributed by atoms with E-state index in [2.05, 4.69) is 4.90 Å². The Morgan fingerprint density at radius 1 is 1.24 bits per heavy atom. The zero-order valence-electron chi connectivity index (χ0n) is 10.1. The van der Waals surface area contributed by atoms with Crippen molar-refractivity contribution in [2.45, 2.75) is 26.1 Å². The SMILES string of the molecule is C[C@@H]1CN(c2ccc(C(=O)O)cc2)C[C@H](C)O1. The molecule has 92 valence electrons. The molecule has 1 aromatic rings. The number of carboxylic acids is 1. The van der Waals surface area contributed by atoms with E-state index in [0.29, 0.717) is 5.56 Å². The van der Waals surface area contributed by atoms with Gasteiger partial charge in [0.1, 0.15) is 0 Å². The normalized spacial score (nSPS) is 24.7. The largest absolute Gasteiger partial charge is 0.478 e. The van der Waals surface area contributed by atoms with Crippen LogP contribution in [0.15, 0.2) is 24.3 Å². The van der Waals surface area contributed by atoms with Crippen LogP contribution in [0.5, 0.6) is 0 Å². The molecule has 17 heavy (non-hydrogen) atoms. The number of ether oxygens (including phenoxy) is 1. The van der Waals surface area contributed by atoms with Crippen molar-refractivity contribution in [1.29, 1.82) is 0 Å². The zero-order valence-corrected chi connectivity index (χ0v) is 10.1. The zero-order chi connectivity index (χ0) is 12.4. The molecule has 2 rings (SSSR count). The average molecular weight is 235 g/mol. The predicted octanol–water partition coefficient (Wildman–Crippen LogP) is 2.00. The second-order valence-electron chi connectivity index (χ2n) is 4.51. The van der Waals surface area contributed by atoms with Gasteiger partial charge in [-0.15, -0.1) is 0 Å². The van der Waals surface area contributed by atoms with Gasteiger partial charge in [0.05, 0.1) is 17.8 Å². The predicted molar refractivity (Wildman–Crippen MR) is 65.6 cm³/mol. The first-order valence-electron chi connectivity index (χ1n) is 5.80. The Bertz CT molecular complexity index is 392. The van der Waals surface area contributed by atoms with Crippen LogP contribution in [0.2, 0.25) is 0 Å². The molecule has 4 heteroatoms. The van der Waals surface area contributed by atoms with Crippen molar-refractivity contribution in [1.82, 2.24) is 0 Å². The summed E-state index contributed by atoms with van der Waals surface area (Å²) in [6, 6.07) is 6.99. The van der Waals surface area contributed by atoms with Crippen LogP contribution in [-0.4, -0.2) is 36.4 Å². The van der Waals surface area contributed by atoms with Crippen LogP contribution in [0.3, 0.4) is 0 Å². The third-order valence-electron chi connectivity index (χ3n) is 2.90. The van der Waals surface area contributed by atoms with Gasteiger partial charge in [-0.2, -0.15) is 0 Å². The van der Waals surface area contributed by atoms with Gasteiger partial charge < -0.3 is 14.7 Å². The third kappa shape index (κ3) is 2.77. The first-order chi connectivity index (χ1) is 8.06. The molecule has 1 fully saturated rings. The van der Waals surface area contributed by atoms with Crippen LogP contribution in [0.4, 0.5) is 5.69 Å². The fraction of sp³-hybridized carbons (Fsp3) is 0.462. The number of nitrogens with zero attached hydrogens (tertiary/aromatic N) is 1. The summed E-state index contributed by atoms with van der Waals surface area (Å²) in [6.07, 6.45) is 0.413. The lowest BCUT2D eigenvalue weighted by Gasteiger charge is -2.36. The second-order valence-corrected chi connectivity index (χ2v) is 4.51. The number of carboxylic acid groups (broad SMARTS) is 1. The Hall–Kier alpha value is -1.55. The highest BCUT2D eigenvalue weighted by molar-refractivity contribution is 5.88. The second kappa shape index (κ2) is 4.75. The summed E-state index contributed by atoms with van der Waals surface area (Å²) in [4.78, 5) is 13.0. The van der Waals surface area contributed by atoms with Crippen molar-refractivity contribution in [3.63, 3.8) is 0 Å². The molecule has 0 spiro atoms. The van der Waals surface area contributed by atoms with E-state index >= 15 is 0 Å². The number of benzene rings is 1. The van der Waals surface area contributed by atoms with Gasteiger partial charge in [-0.1, -0.05) is 0 Å². The Morgan fingerprint density at radius 3 is 2.24 bits per heavy atom. The summed E-state index contributed by atoms with van der Waals surface area (Å²) >= 11 is 0. The molecular weight excluding hydrogens is 218 g/mol. The van der Waals surface area contributed by atoms with E-state index in [4.69, 9.17) is 9.84 Å². The standard InChI is InChI=1S/C13H17NO3/c1-9-7-14(8-10(2)17-9)12-5-3-11(4-6-12)13(15)16/h3-6,9-10H,7-8H2,1-2H3,(H,15,16)/t9-,10+. The Kier molecular flexibility index (Phi) is 3.33. The number of carbonyl (C=O) groups is 1. The van der Waals surface area contributed by atoms with Gasteiger partial charge in [0.15, 0.2) is 0 Å². The lowest BCUT2D eigenvalue weighted by atomic mass is 10.1. The highest BCUT2D eigenvalue weighted by atomic mass is 16.5. The molecule has 0 amide bonds. The number of hydrogen-bond donors (Lipinski definition) is 1. The number of morpholine rings is 1. The van der Waals surface area contributed by atoms with E-state index in [1.54, 1.807) is 12.1 Å². The molecule has 0 unspecified atom stereocenters. The van der Waals surface area contributed by atoms with Crippen LogP contribution in [-0.2, 0) is 4.74 Å². The van der Waals surface area contributed by atoms with E-state index in [-0.39, 0.29) is 12.2 Å². The average Bonchev–Trinajstić information content (AvgIpc) is 2.28. The molecule has 1 N–H and O–H groups in total. The Labute approximate surface area is 101 Å². The molecule has 1 heterocycles. The highest BCUT2D eigenvalue weighted by Crippen LogP contribution is 2.20. The van der Waals surface area contributed by atoms with Crippen molar-refractivity contribution < 1.29 is 14.6 Å². The van der Waals surface area contributed by atoms with Crippen molar-refractivity contribution in [3.05, 3.63) is 29.8 Å². The van der Waals surface area contributed by atoms with Gasteiger partial charge in [0, 0.05) is 18.8 Å². The van der Waals surface area contributed by atoms with Gasteiger partial charge in [0.2, 0.25) is 0 Å². The third-order valence-corrected chi connectivity index (χ3v) is 2.90. The minimum absolute atomic E-state index is 0.206. The maximum Gasteiger partial charge on any atom is 0.335 e. The van der Waals surface area contributed by atoms with Crippen LogP contribution < -0.4 is 4.90 Å². The number of aromatic carboxylic acids is 1. The van der Waals surface area contributed by atoms with Crippen molar-refractivity contribution in [3.8, 4) is 0 Å². The molecule has 0 bridgehead atoms. The Balaban J connectivity index is 2.14. The maximum absolute atomic E-state index is 10.8. The summed E-state index contributed by atoms with van der Waals surface area (Å²) in [5, 5.41) is 8.84. The molecule has 1 aliphatic heterocycles. The molecule has 0 aromatic heterocycles. The van der Waals surface area contributed by atoms with Gasteiger partial charge in [-0.3, -0.25) is 0 Å². The summed E-state index contributed by atoms with van der Waals surface area (Å²) in [5.41, 5.74) is 1.38. The van der Waals surface area contributed by atoms with Crippen molar-refractivity contribution in [2.75, 3.05) is 18.0 Å². The molecule has 4 nitrogen and oxygen atoms in total. The molecule has 1 saturated heterocycles. The monoisotopic (exact) mass is 235 g/mol. The van der Waals surface area contributed by atoms with Gasteiger partial charge in [-0.05, 0) is 38.1 Å². The van der Waals surface area contributed by atoms with Crippen LogP contribution in [0.25, 0.3) is 0 Å². The lowest BCUT2D eigenvalue weighted by molar-refractivity contribution is -0.00522. The number of anilines is 1. The van der Waals surface area contributed by atoms with E-state index < -0.39 is 5.97 Å². The Morgan fingerprint density at radius 2 is 1.76 bits per heavy atom. The number of hydrogen-bond acceptors (Lipinski definition) is 3. The first-order valence-corrected chi connectivity index (χ1v) is 5.80. The van der Waals surface area contributed by atoms with Gasteiger partial charge in [-0.25, -0.2) is 4.79 Å². The quantitative estimate of drug-likeness (QED) is 0.851. The van der Waals surface area contributed by atoms with E-state index in [0.717, 1.165) is 18.8 Å². The van der Waals surface area contributed by atoms with E-state index in [9.17, 15) is 4.79 Å². The molecule has 0 aliphatic carbocycles. The fourth-order valence-electron chi connectivity index (χ4n) is 2.20. The molecule has 1 aliphatic rings. The molecule has 2 atom stereocenters. The summed E-state index contributed by atoms with van der Waals surface area (Å²) in [6.45, 7) is 5.79. The molecule has 0 saturated carbocycles. The highest BCUT2D eigenvalue weighted by Gasteiger charge is 2.22. The van der Waals surface area contributed by atoms with Crippen molar-refractivity contribution >= 4 is 11.7 Å². The maximum atomic E-state index is 10.8. The minimum Gasteiger partial charge on any atom is -0.478 e. The fourth-order valence-corrected chi connectivity index (χ4v) is 2.20. The summed E-state index contributed by atoms with van der Waals surface area (Å²) in [7, 11) is 0. The number of rotatable bonds is 2. The molecular formula is C13H17NO3. The van der Waals surface area contributed by atoms with Crippen molar-refractivity contribution in [2.24, 2.45) is 0 Å². The topological polar surface area (TPSA) is 49.8 Å². The van der Waals surface area contributed by atoms with Gasteiger partial charge >= 0.3 is 5.97 Å². The smallest absolute Gasteiger partial charge is 0.335 e. The minimum atomic E-state index is -0.889.